The summed E-state index contributed by atoms with van der Waals surface area (Å²) in [6.07, 6.45) is 7.80. The highest BCUT2D eigenvalue weighted by Crippen LogP contribution is 2.05. The van der Waals surface area contributed by atoms with Gasteiger partial charge in [0.1, 0.15) is 0 Å². The molecule has 0 aromatic carbocycles. The monoisotopic (exact) mass is 246 g/mol. The predicted octanol–water partition coefficient (Wildman–Crippen LogP) is 6.42. The lowest BCUT2D eigenvalue weighted by molar-refractivity contribution is 1.45. The highest BCUT2D eigenvalue weighted by atomic mass is 13.9. The van der Waals surface area contributed by atoms with E-state index in [1.165, 1.54) is 0 Å². The van der Waals surface area contributed by atoms with Gasteiger partial charge in [0.15, 0.2) is 0 Å². The SMILES string of the molecule is C=C(C)/C=C\C.C=C(C)/C=C\C(=C)C(=C)C.CC. The summed E-state index contributed by atoms with van der Waals surface area (Å²) in [7, 11) is 0. The molecule has 0 fully saturated rings. The zero-order chi connectivity index (χ0) is 15.1. The third-order valence-corrected chi connectivity index (χ3v) is 1.57. The van der Waals surface area contributed by atoms with Gasteiger partial charge in [0.2, 0.25) is 0 Å². The third-order valence-electron chi connectivity index (χ3n) is 1.57. The standard InChI is InChI=1S/C10H14.C6H10.C2H6/c1-8(2)6-7-10(5)9(3)4;1-4-5-6(2)3;1-2/h6-7H,1,3,5H2,2,4H3;4-5H,2H2,1,3H3;1-2H3/b7-6-;5-4-;. The molecule has 0 atom stereocenters. The molecular weight excluding hydrogens is 216 g/mol. The van der Waals surface area contributed by atoms with Gasteiger partial charge in [0, 0.05) is 0 Å². The lowest BCUT2D eigenvalue weighted by Crippen LogP contribution is -1.74. The molecule has 0 heteroatoms. The Bertz CT molecular complexity index is 322. The first-order chi connectivity index (χ1) is 8.31. The molecule has 0 unspecified atom stereocenters. The molecule has 102 valence electrons. The van der Waals surface area contributed by atoms with Gasteiger partial charge >= 0.3 is 0 Å². The van der Waals surface area contributed by atoms with Crippen molar-refractivity contribution >= 4 is 0 Å². The molecule has 0 radical (unpaired) electrons. The van der Waals surface area contributed by atoms with Gasteiger partial charge in [-0.1, -0.05) is 81.2 Å². The van der Waals surface area contributed by atoms with Crippen molar-refractivity contribution in [2.24, 2.45) is 0 Å². The molecule has 0 saturated heterocycles. The minimum absolute atomic E-state index is 0.961. The van der Waals surface area contributed by atoms with Crippen LogP contribution in [0, 0.1) is 0 Å². The molecule has 0 rings (SSSR count). The summed E-state index contributed by atoms with van der Waals surface area (Å²) in [6.45, 7) is 26.8. The third kappa shape index (κ3) is 23.9. The average molecular weight is 246 g/mol. The first-order valence-electron chi connectivity index (χ1n) is 6.27. The van der Waals surface area contributed by atoms with Crippen LogP contribution in [0.5, 0.6) is 0 Å². The van der Waals surface area contributed by atoms with Crippen molar-refractivity contribution in [1.29, 1.82) is 0 Å². The van der Waals surface area contributed by atoms with Crippen LogP contribution in [-0.4, -0.2) is 0 Å². The lowest BCUT2D eigenvalue weighted by Gasteiger charge is -1.94. The summed E-state index contributed by atoms with van der Waals surface area (Å²) < 4.78 is 0. The van der Waals surface area contributed by atoms with Crippen LogP contribution in [-0.2, 0) is 0 Å². The van der Waals surface area contributed by atoms with Gasteiger partial charge < -0.3 is 0 Å². The molecule has 18 heavy (non-hydrogen) atoms. The van der Waals surface area contributed by atoms with E-state index in [1.807, 2.05) is 65.8 Å². The molecule has 0 bridgehead atoms. The molecule has 0 aliphatic carbocycles. The average Bonchev–Trinajstić information content (AvgIpc) is 2.29. The Hall–Kier alpha value is -1.56. The topological polar surface area (TPSA) is 0 Å². The van der Waals surface area contributed by atoms with Crippen LogP contribution >= 0.6 is 0 Å². The van der Waals surface area contributed by atoms with Crippen LogP contribution in [0.25, 0.3) is 0 Å². The summed E-state index contributed by atoms with van der Waals surface area (Å²) in [6, 6.07) is 0. The Morgan fingerprint density at radius 3 is 1.28 bits per heavy atom. The van der Waals surface area contributed by atoms with Crippen molar-refractivity contribution in [2.75, 3.05) is 0 Å². The van der Waals surface area contributed by atoms with Crippen LogP contribution in [0.15, 0.2) is 72.9 Å². The van der Waals surface area contributed by atoms with E-state index in [2.05, 4.69) is 26.3 Å². The Morgan fingerprint density at radius 1 is 0.722 bits per heavy atom. The first kappa shape index (κ1) is 21.7. The minimum atomic E-state index is 0.961. The van der Waals surface area contributed by atoms with Crippen LogP contribution in [0.2, 0.25) is 0 Å². The van der Waals surface area contributed by atoms with Crippen LogP contribution in [0.1, 0.15) is 41.5 Å². The smallest absolute Gasteiger partial charge is 0.0305 e. The van der Waals surface area contributed by atoms with Crippen molar-refractivity contribution in [3.63, 3.8) is 0 Å². The number of hydrogen-bond acceptors (Lipinski definition) is 0. The molecule has 0 aromatic heterocycles. The highest BCUT2D eigenvalue weighted by molar-refractivity contribution is 5.36. The molecule has 0 N–H and O–H groups in total. The fourth-order valence-electron chi connectivity index (χ4n) is 0.670. The van der Waals surface area contributed by atoms with Gasteiger partial charge in [-0.25, -0.2) is 0 Å². The van der Waals surface area contributed by atoms with Gasteiger partial charge in [-0.05, 0) is 33.3 Å². The van der Waals surface area contributed by atoms with Crippen molar-refractivity contribution in [3.05, 3.63) is 72.9 Å². The number of hydrogen-bond donors (Lipinski definition) is 0. The Balaban J connectivity index is -0.000000241. The quantitative estimate of drug-likeness (QED) is 0.502. The summed E-state index contributed by atoms with van der Waals surface area (Å²) in [4.78, 5) is 0. The molecule has 0 aliphatic rings. The molecule has 0 aliphatic heterocycles. The summed E-state index contributed by atoms with van der Waals surface area (Å²) >= 11 is 0. The van der Waals surface area contributed by atoms with E-state index < -0.39 is 0 Å². The fourth-order valence-corrected chi connectivity index (χ4v) is 0.670. The zero-order valence-electron chi connectivity index (χ0n) is 13.1. The van der Waals surface area contributed by atoms with Gasteiger partial charge in [-0.15, -0.1) is 0 Å². The molecular formula is C18H30. The maximum atomic E-state index is 3.80. The second kappa shape index (κ2) is 15.4. The minimum Gasteiger partial charge on any atom is -0.0961 e. The largest absolute Gasteiger partial charge is 0.0961 e. The van der Waals surface area contributed by atoms with E-state index in [-0.39, 0.29) is 0 Å². The molecule has 0 heterocycles. The van der Waals surface area contributed by atoms with Gasteiger partial charge in [-0.2, -0.15) is 0 Å². The van der Waals surface area contributed by atoms with Gasteiger partial charge in [0.05, 0.1) is 0 Å². The fraction of sp³-hybridized carbons (Fsp3) is 0.333. The lowest BCUT2D eigenvalue weighted by atomic mass is 10.1. The van der Waals surface area contributed by atoms with Crippen molar-refractivity contribution in [3.8, 4) is 0 Å². The second-order valence-corrected chi connectivity index (χ2v) is 3.83. The van der Waals surface area contributed by atoms with E-state index in [9.17, 15) is 0 Å². The first-order valence-corrected chi connectivity index (χ1v) is 6.27. The van der Waals surface area contributed by atoms with E-state index in [0.29, 0.717) is 0 Å². The van der Waals surface area contributed by atoms with E-state index in [1.54, 1.807) is 0 Å². The predicted molar refractivity (Wildman–Crippen MR) is 88.9 cm³/mol. The Morgan fingerprint density at radius 2 is 1.11 bits per heavy atom. The zero-order valence-corrected chi connectivity index (χ0v) is 13.1. The maximum Gasteiger partial charge on any atom is -0.0305 e. The van der Waals surface area contributed by atoms with Crippen LogP contribution in [0.3, 0.4) is 0 Å². The normalized spacial score (nSPS) is 9.00. The summed E-state index contributed by atoms with van der Waals surface area (Å²) in [5, 5.41) is 0. The van der Waals surface area contributed by atoms with Crippen molar-refractivity contribution in [1.82, 2.24) is 0 Å². The Kier molecular flexibility index (Phi) is 18.6. The van der Waals surface area contributed by atoms with E-state index in [0.717, 1.165) is 22.3 Å². The van der Waals surface area contributed by atoms with E-state index in [4.69, 9.17) is 0 Å². The number of allylic oxidation sites excluding steroid dienone is 8. The van der Waals surface area contributed by atoms with E-state index >= 15 is 0 Å². The maximum absolute atomic E-state index is 3.80. The van der Waals surface area contributed by atoms with Crippen LogP contribution < -0.4 is 0 Å². The van der Waals surface area contributed by atoms with Crippen molar-refractivity contribution in [2.45, 2.75) is 41.5 Å². The highest BCUT2D eigenvalue weighted by Gasteiger charge is 1.85. The molecule has 0 nitrogen and oxygen atoms in total. The van der Waals surface area contributed by atoms with Gasteiger partial charge in [0.25, 0.3) is 0 Å². The Labute approximate surface area is 115 Å². The number of rotatable bonds is 4. The molecule has 0 saturated carbocycles. The summed E-state index contributed by atoms with van der Waals surface area (Å²) in [5.74, 6) is 0. The second-order valence-electron chi connectivity index (χ2n) is 3.83. The molecule has 0 amide bonds. The van der Waals surface area contributed by atoms with Crippen LogP contribution in [0.4, 0.5) is 0 Å². The van der Waals surface area contributed by atoms with Crippen molar-refractivity contribution < 1.29 is 0 Å². The molecule has 0 aromatic rings. The molecule has 0 spiro atoms. The summed E-state index contributed by atoms with van der Waals surface area (Å²) in [5.41, 5.74) is 4.10. The van der Waals surface area contributed by atoms with Gasteiger partial charge in [-0.3, -0.25) is 0 Å².